The molecule has 2 amide bonds. The molecule has 74 valence electrons. The summed E-state index contributed by atoms with van der Waals surface area (Å²) in [7, 11) is 1.68. The first-order chi connectivity index (χ1) is 5.84. The standard InChI is InChI=1S/C9H16N2O2/c1-9(2,3)7-8(13)10-5-6(12)11(7)4/h7H,5H2,1-4H3,(H,10,13). The van der Waals surface area contributed by atoms with E-state index in [1.807, 2.05) is 20.8 Å². The molecule has 1 aliphatic heterocycles. The summed E-state index contributed by atoms with van der Waals surface area (Å²) in [6.07, 6.45) is 0. The molecule has 0 bridgehead atoms. The maximum Gasteiger partial charge on any atom is 0.243 e. The smallest absolute Gasteiger partial charge is 0.243 e. The van der Waals surface area contributed by atoms with Gasteiger partial charge in [0.2, 0.25) is 11.8 Å². The number of piperazine rings is 1. The molecule has 0 aromatic carbocycles. The van der Waals surface area contributed by atoms with Crippen molar-refractivity contribution in [2.75, 3.05) is 13.6 Å². The van der Waals surface area contributed by atoms with Gasteiger partial charge in [0.1, 0.15) is 6.04 Å². The predicted octanol–water partition coefficient (Wildman–Crippen LogP) is -0.0107. The molecule has 0 saturated carbocycles. The molecule has 1 rings (SSSR count). The van der Waals surface area contributed by atoms with Gasteiger partial charge in [0.25, 0.3) is 0 Å². The van der Waals surface area contributed by atoms with E-state index in [2.05, 4.69) is 5.32 Å². The number of amides is 2. The second-order valence-electron chi connectivity index (χ2n) is 4.49. The molecule has 4 nitrogen and oxygen atoms in total. The lowest BCUT2D eigenvalue weighted by Gasteiger charge is -2.39. The van der Waals surface area contributed by atoms with E-state index in [1.54, 1.807) is 7.05 Å². The molecule has 1 N–H and O–H groups in total. The summed E-state index contributed by atoms with van der Waals surface area (Å²) in [6, 6.07) is -0.353. The zero-order chi connectivity index (χ0) is 10.2. The Morgan fingerprint density at radius 2 is 1.92 bits per heavy atom. The van der Waals surface area contributed by atoms with Gasteiger partial charge in [0.15, 0.2) is 0 Å². The van der Waals surface area contributed by atoms with Crippen molar-refractivity contribution in [2.24, 2.45) is 5.41 Å². The molecule has 0 aromatic heterocycles. The molecule has 0 spiro atoms. The summed E-state index contributed by atoms with van der Waals surface area (Å²) in [4.78, 5) is 24.3. The van der Waals surface area contributed by atoms with Gasteiger partial charge >= 0.3 is 0 Å². The monoisotopic (exact) mass is 184 g/mol. The molecule has 0 radical (unpaired) electrons. The minimum absolute atomic E-state index is 0.0282. The lowest BCUT2D eigenvalue weighted by molar-refractivity contribution is -0.148. The average Bonchev–Trinajstić information content (AvgIpc) is 1.95. The number of likely N-dealkylation sites (N-methyl/N-ethyl adjacent to an activating group) is 1. The highest BCUT2D eigenvalue weighted by Crippen LogP contribution is 2.25. The SMILES string of the molecule is CN1C(=O)CNC(=O)C1C(C)(C)C. The largest absolute Gasteiger partial charge is 0.345 e. The molecule has 1 fully saturated rings. The van der Waals surface area contributed by atoms with Crippen LogP contribution in [0.2, 0.25) is 0 Å². The Balaban J connectivity index is 2.91. The van der Waals surface area contributed by atoms with E-state index < -0.39 is 0 Å². The summed E-state index contributed by atoms with van der Waals surface area (Å²) in [5.41, 5.74) is -0.213. The lowest BCUT2D eigenvalue weighted by atomic mass is 9.84. The molecule has 1 atom stereocenters. The summed E-state index contributed by atoms with van der Waals surface area (Å²) in [6.45, 7) is 5.98. The van der Waals surface area contributed by atoms with Crippen LogP contribution < -0.4 is 5.32 Å². The Morgan fingerprint density at radius 3 is 2.31 bits per heavy atom. The molecular formula is C9H16N2O2. The van der Waals surface area contributed by atoms with Crippen molar-refractivity contribution in [1.82, 2.24) is 10.2 Å². The van der Waals surface area contributed by atoms with E-state index in [1.165, 1.54) is 4.90 Å². The van der Waals surface area contributed by atoms with Crippen LogP contribution in [0.15, 0.2) is 0 Å². The van der Waals surface area contributed by atoms with Crippen molar-refractivity contribution in [2.45, 2.75) is 26.8 Å². The second-order valence-corrected chi connectivity index (χ2v) is 4.49. The molecular weight excluding hydrogens is 168 g/mol. The van der Waals surface area contributed by atoms with Crippen LogP contribution in [0, 0.1) is 5.41 Å². The lowest BCUT2D eigenvalue weighted by Crippen LogP contribution is -2.61. The van der Waals surface area contributed by atoms with E-state index in [0.29, 0.717) is 0 Å². The van der Waals surface area contributed by atoms with Gasteiger partial charge in [-0.05, 0) is 5.41 Å². The normalized spacial score (nSPS) is 24.6. The van der Waals surface area contributed by atoms with E-state index >= 15 is 0 Å². The zero-order valence-electron chi connectivity index (χ0n) is 8.55. The third-order valence-corrected chi connectivity index (χ3v) is 2.26. The Labute approximate surface area is 78.3 Å². The number of hydrogen-bond donors (Lipinski definition) is 1. The van der Waals surface area contributed by atoms with Crippen molar-refractivity contribution in [1.29, 1.82) is 0 Å². The molecule has 1 aliphatic rings. The van der Waals surface area contributed by atoms with Gasteiger partial charge in [-0.2, -0.15) is 0 Å². The van der Waals surface area contributed by atoms with Gasteiger partial charge < -0.3 is 10.2 Å². The van der Waals surface area contributed by atoms with Gasteiger partial charge in [0, 0.05) is 7.05 Å². The molecule has 1 heterocycles. The van der Waals surface area contributed by atoms with Crippen LogP contribution >= 0.6 is 0 Å². The molecule has 0 aliphatic carbocycles. The maximum absolute atomic E-state index is 11.5. The molecule has 1 unspecified atom stereocenters. The number of rotatable bonds is 0. The predicted molar refractivity (Wildman–Crippen MR) is 49.0 cm³/mol. The topological polar surface area (TPSA) is 49.4 Å². The van der Waals surface area contributed by atoms with Crippen LogP contribution in [0.25, 0.3) is 0 Å². The van der Waals surface area contributed by atoms with Crippen molar-refractivity contribution in [3.63, 3.8) is 0 Å². The van der Waals surface area contributed by atoms with Crippen molar-refractivity contribution >= 4 is 11.8 Å². The summed E-state index contributed by atoms with van der Waals surface area (Å²) in [5.74, 6) is -0.0888. The van der Waals surface area contributed by atoms with Crippen LogP contribution in [-0.2, 0) is 9.59 Å². The number of carbonyl (C=O) groups excluding carboxylic acids is 2. The fourth-order valence-corrected chi connectivity index (χ4v) is 1.68. The Kier molecular flexibility index (Phi) is 2.32. The number of nitrogens with zero attached hydrogens (tertiary/aromatic N) is 1. The maximum atomic E-state index is 11.5. The average molecular weight is 184 g/mol. The van der Waals surface area contributed by atoms with E-state index in [4.69, 9.17) is 0 Å². The number of nitrogens with one attached hydrogen (secondary N) is 1. The minimum Gasteiger partial charge on any atom is -0.345 e. The van der Waals surface area contributed by atoms with Gasteiger partial charge in [-0.15, -0.1) is 0 Å². The van der Waals surface area contributed by atoms with Crippen LogP contribution in [0.5, 0.6) is 0 Å². The van der Waals surface area contributed by atoms with Gasteiger partial charge in [0.05, 0.1) is 6.54 Å². The highest BCUT2D eigenvalue weighted by atomic mass is 16.2. The molecule has 13 heavy (non-hydrogen) atoms. The number of hydrogen-bond acceptors (Lipinski definition) is 2. The first kappa shape index (κ1) is 10.0. The van der Waals surface area contributed by atoms with Crippen molar-refractivity contribution in [3.8, 4) is 0 Å². The third-order valence-electron chi connectivity index (χ3n) is 2.26. The van der Waals surface area contributed by atoms with Crippen LogP contribution in [0.1, 0.15) is 20.8 Å². The van der Waals surface area contributed by atoms with Gasteiger partial charge in [-0.3, -0.25) is 9.59 Å². The Morgan fingerprint density at radius 1 is 1.38 bits per heavy atom. The van der Waals surface area contributed by atoms with E-state index in [0.717, 1.165) is 0 Å². The fraction of sp³-hybridized carbons (Fsp3) is 0.778. The van der Waals surface area contributed by atoms with E-state index in [9.17, 15) is 9.59 Å². The first-order valence-corrected chi connectivity index (χ1v) is 4.37. The van der Waals surface area contributed by atoms with Crippen LogP contribution in [0.3, 0.4) is 0 Å². The fourth-order valence-electron chi connectivity index (χ4n) is 1.68. The highest BCUT2D eigenvalue weighted by Gasteiger charge is 2.39. The highest BCUT2D eigenvalue weighted by molar-refractivity contribution is 5.95. The Bertz CT molecular complexity index is 242. The number of carbonyl (C=O) groups is 2. The zero-order valence-corrected chi connectivity index (χ0v) is 8.55. The van der Waals surface area contributed by atoms with E-state index in [-0.39, 0.29) is 29.8 Å². The molecule has 0 aromatic rings. The first-order valence-electron chi connectivity index (χ1n) is 4.37. The van der Waals surface area contributed by atoms with Crippen LogP contribution in [0.4, 0.5) is 0 Å². The summed E-state index contributed by atoms with van der Waals surface area (Å²) >= 11 is 0. The second kappa shape index (κ2) is 3.01. The van der Waals surface area contributed by atoms with Gasteiger partial charge in [-0.1, -0.05) is 20.8 Å². The van der Waals surface area contributed by atoms with Crippen molar-refractivity contribution < 1.29 is 9.59 Å². The van der Waals surface area contributed by atoms with Gasteiger partial charge in [-0.25, -0.2) is 0 Å². The quantitative estimate of drug-likeness (QED) is 0.575. The minimum atomic E-state index is -0.353. The van der Waals surface area contributed by atoms with Crippen molar-refractivity contribution in [3.05, 3.63) is 0 Å². The third kappa shape index (κ3) is 1.82. The molecule has 1 saturated heterocycles. The van der Waals surface area contributed by atoms with Crippen LogP contribution in [-0.4, -0.2) is 36.3 Å². The summed E-state index contributed by atoms with van der Waals surface area (Å²) in [5, 5.41) is 2.59. The Hall–Kier alpha value is -1.06. The molecule has 4 heteroatoms. The summed E-state index contributed by atoms with van der Waals surface area (Å²) < 4.78 is 0.